The van der Waals surface area contributed by atoms with Crippen molar-refractivity contribution in [2.24, 2.45) is 23.2 Å². The molecule has 1 aromatic rings. The van der Waals surface area contributed by atoms with Crippen LogP contribution in [0.25, 0.3) is 0 Å². The van der Waals surface area contributed by atoms with Crippen LogP contribution in [0, 0.1) is 23.2 Å². The van der Waals surface area contributed by atoms with E-state index in [9.17, 15) is 4.79 Å². The highest BCUT2D eigenvalue weighted by atomic mass is 16.2. The molecule has 6 bridgehead atoms. The molecule has 1 amide bonds. The second kappa shape index (κ2) is 5.05. The minimum absolute atomic E-state index is 0.247. The number of hydrogen-bond acceptors (Lipinski definition) is 3. The van der Waals surface area contributed by atoms with Gasteiger partial charge in [0, 0.05) is 30.6 Å². The lowest BCUT2D eigenvalue weighted by Gasteiger charge is -2.57. The number of aromatic nitrogens is 2. The number of carbonyl (C=O) groups excluding carboxylic acids is 1. The Morgan fingerprint density at radius 1 is 1.12 bits per heavy atom. The molecule has 4 nitrogen and oxygen atoms in total. The van der Waals surface area contributed by atoms with Crippen molar-refractivity contribution >= 4 is 5.91 Å². The van der Waals surface area contributed by atoms with E-state index >= 15 is 0 Å². The van der Waals surface area contributed by atoms with Crippen LogP contribution in [-0.2, 0) is 11.2 Å². The third-order valence-corrected chi connectivity index (χ3v) is 8.10. The maximum atomic E-state index is 13.4. The molecule has 5 fully saturated rings. The second-order valence-electron chi connectivity index (χ2n) is 9.77. The summed E-state index contributed by atoms with van der Waals surface area (Å²) in [5.74, 6) is 3.20. The fourth-order valence-corrected chi connectivity index (χ4v) is 7.72. The maximum Gasteiger partial charge on any atom is 0.223 e. The van der Waals surface area contributed by atoms with Crippen LogP contribution in [0.2, 0.25) is 0 Å². The van der Waals surface area contributed by atoms with E-state index in [0.29, 0.717) is 17.4 Å². The fraction of sp³-hybridized carbons (Fsp3) is 0.762. The Morgan fingerprint density at radius 2 is 1.84 bits per heavy atom. The van der Waals surface area contributed by atoms with Gasteiger partial charge >= 0.3 is 0 Å². The summed E-state index contributed by atoms with van der Waals surface area (Å²) in [5.41, 5.74) is 2.75. The summed E-state index contributed by atoms with van der Waals surface area (Å²) in [4.78, 5) is 24.4. The van der Waals surface area contributed by atoms with Crippen molar-refractivity contribution in [2.75, 3.05) is 0 Å². The van der Waals surface area contributed by atoms with Gasteiger partial charge in [0.15, 0.2) is 0 Å². The van der Waals surface area contributed by atoms with Crippen LogP contribution in [0.15, 0.2) is 12.5 Å². The molecule has 6 aliphatic rings. The van der Waals surface area contributed by atoms with Gasteiger partial charge < -0.3 is 4.90 Å². The van der Waals surface area contributed by atoms with Crippen LogP contribution in [0.1, 0.15) is 75.1 Å². The Balaban J connectivity index is 1.27. The third kappa shape index (κ3) is 2.15. The number of fused-ring (bicyclic) bond motifs is 4. The van der Waals surface area contributed by atoms with E-state index in [0.717, 1.165) is 43.4 Å². The van der Waals surface area contributed by atoms with Gasteiger partial charge in [-0.25, -0.2) is 9.97 Å². The van der Waals surface area contributed by atoms with Crippen molar-refractivity contribution in [3.8, 4) is 0 Å². The average molecular weight is 337 g/mol. The third-order valence-electron chi connectivity index (χ3n) is 8.10. The van der Waals surface area contributed by atoms with E-state index in [1.54, 1.807) is 6.33 Å². The van der Waals surface area contributed by atoms with Gasteiger partial charge in [0.2, 0.25) is 5.91 Å². The quantitative estimate of drug-likeness (QED) is 0.827. The molecule has 1 aromatic heterocycles. The first-order valence-electron chi connectivity index (χ1n) is 10.3. The predicted octanol–water partition coefficient (Wildman–Crippen LogP) is 3.67. The van der Waals surface area contributed by atoms with E-state index in [1.165, 1.54) is 49.8 Å². The van der Waals surface area contributed by atoms with Crippen LogP contribution in [0.3, 0.4) is 0 Å². The fourth-order valence-electron chi connectivity index (χ4n) is 7.72. The lowest BCUT2D eigenvalue weighted by Crippen LogP contribution is -2.50. The van der Waals surface area contributed by atoms with Crippen molar-refractivity contribution < 1.29 is 4.79 Å². The molecular formula is C21H27N3O. The Hall–Kier alpha value is -1.45. The highest BCUT2D eigenvalue weighted by Crippen LogP contribution is 2.61. The van der Waals surface area contributed by atoms with Crippen molar-refractivity contribution in [1.29, 1.82) is 0 Å². The van der Waals surface area contributed by atoms with Gasteiger partial charge in [-0.3, -0.25) is 4.79 Å². The van der Waals surface area contributed by atoms with E-state index in [4.69, 9.17) is 0 Å². The molecule has 132 valence electrons. The summed E-state index contributed by atoms with van der Waals surface area (Å²) in [6, 6.07) is 0.630. The molecule has 0 spiro atoms. The highest BCUT2D eigenvalue weighted by molar-refractivity contribution is 5.78. The summed E-state index contributed by atoms with van der Waals surface area (Å²) in [7, 11) is 0. The van der Waals surface area contributed by atoms with Crippen molar-refractivity contribution in [3.05, 3.63) is 23.8 Å². The van der Waals surface area contributed by atoms with E-state index in [2.05, 4.69) is 14.9 Å². The Kier molecular flexibility index (Phi) is 2.97. The SMILES string of the molecule is O=C(CC12CC3CC(CC(C3)C1)C2)N1C2CCC1c1cncnc1C2. The number of amides is 1. The van der Waals surface area contributed by atoms with Crippen LogP contribution in [0.4, 0.5) is 0 Å². The van der Waals surface area contributed by atoms with Gasteiger partial charge in [-0.15, -0.1) is 0 Å². The molecule has 2 unspecified atom stereocenters. The zero-order valence-electron chi connectivity index (χ0n) is 14.9. The lowest BCUT2D eigenvalue weighted by atomic mass is 9.49. The summed E-state index contributed by atoms with van der Waals surface area (Å²) in [6.07, 6.45) is 15.9. The van der Waals surface area contributed by atoms with Crippen LogP contribution in [-0.4, -0.2) is 26.8 Å². The van der Waals surface area contributed by atoms with Gasteiger partial charge in [0.25, 0.3) is 0 Å². The monoisotopic (exact) mass is 337 g/mol. The zero-order valence-corrected chi connectivity index (χ0v) is 14.9. The molecule has 3 heterocycles. The normalized spacial score (nSPS) is 43.4. The molecule has 4 aliphatic carbocycles. The zero-order chi connectivity index (χ0) is 16.6. The summed E-state index contributed by atoms with van der Waals surface area (Å²) in [6.45, 7) is 0. The maximum absolute atomic E-state index is 13.4. The average Bonchev–Trinajstić information content (AvgIpc) is 2.89. The minimum atomic E-state index is 0.247. The Bertz CT molecular complexity index is 694. The Labute approximate surface area is 149 Å². The van der Waals surface area contributed by atoms with Crippen LogP contribution >= 0.6 is 0 Å². The first-order valence-corrected chi connectivity index (χ1v) is 10.3. The number of carbonyl (C=O) groups is 1. The van der Waals surface area contributed by atoms with Gasteiger partial charge in [0.1, 0.15) is 6.33 Å². The number of nitrogens with zero attached hydrogens (tertiary/aromatic N) is 3. The molecule has 4 saturated carbocycles. The van der Waals surface area contributed by atoms with E-state index in [1.807, 2.05) is 6.20 Å². The minimum Gasteiger partial charge on any atom is -0.332 e. The molecule has 0 N–H and O–H groups in total. The number of rotatable bonds is 2. The summed E-state index contributed by atoms with van der Waals surface area (Å²) < 4.78 is 0. The van der Waals surface area contributed by atoms with Gasteiger partial charge in [0.05, 0.1) is 11.7 Å². The topological polar surface area (TPSA) is 46.1 Å². The van der Waals surface area contributed by atoms with Crippen LogP contribution < -0.4 is 0 Å². The molecule has 25 heavy (non-hydrogen) atoms. The largest absolute Gasteiger partial charge is 0.332 e. The highest BCUT2D eigenvalue weighted by Gasteiger charge is 2.53. The standard InChI is InChI=1S/C21H27N3O/c25-20(10-21-7-13-3-14(8-21)5-15(4-13)9-21)24-16-1-2-19(24)17-11-22-12-23-18(17)6-16/h11-16,19H,1-10H2. The van der Waals surface area contributed by atoms with E-state index < -0.39 is 0 Å². The second-order valence-corrected chi connectivity index (χ2v) is 9.77. The molecule has 4 heteroatoms. The van der Waals surface area contributed by atoms with Crippen LogP contribution in [0.5, 0.6) is 0 Å². The van der Waals surface area contributed by atoms with E-state index in [-0.39, 0.29) is 6.04 Å². The molecule has 0 aromatic carbocycles. The first-order chi connectivity index (χ1) is 12.2. The first kappa shape index (κ1) is 14.7. The summed E-state index contributed by atoms with van der Waals surface area (Å²) in [5, 5.41) is 0. The molecule has 7 rings (SSSR count). The van der Waals surface area contributed by atoms with Crippen molar-refractivity contribution in [1.82, 2.24) is 14.9 Å². The molecule has 0 radical (unpaired) electrons. The van der Waals surface area contributed by atoms with Gasteiger partial charge in [-0.1, -0.05) is 0 Å². The smallest absolute Gasteiger partial charge is 0.223 e. The van der Waals surface area contributed by atoms with Gasteiger partial charge in [-0.2, -0.15) is 0 Å². The summed E-state index contributed by atoms with van der Waals surface area (Å²) >= 11 is 0. The lowest BCUT2D eigenvalue weighted by molar-refractivity contribution is -0.143. The van der Waals surface area contributed by atoms with Crippen molar-refractivity contribution in [2.45, 2.75) is 76.3 Å². The molecule has 2 atom stereocenters. The van der Waals surface area contributed by atoms with Crippen molar-refractivity contribution in [3.63, 3.8) is 0 Å². The van der Waals surface area contributed by atoms with Gasteiger partial charge in [-0.05, 0) is 74.5 Å². The molecular weight excluding hydrogens is 310 g/mol. The Morgan fingerprint density at radius 3 is 2.56 bits per heavy atom. The molecule has 1 saturated heterocycles. The molecule has 2 aliphatic heterocycles. The predicted molar refractivity (Wildman–Crippen MR) is 93.6 cm³/mol. The number of hydrogen-bond donors (Lipinski definition) is 0.